The highest BCUT2D eigenvalue weighted by atomic mass is 16.5. The maximum atomic E-state index is 11.6. The summed E-state index contributed by atoms with van der Waals surface area (Å²) in [6.45, 7) is 3.79. The van der Waals surface area contributed by atoms with E-state index in [0.717, 1.165) is 4.90 Å². The van der Waals surface area contributed by atoms with Crippen molar-refractivity contribution < 1.29 is 19.4 Å². The molecule has 1 N–H and O–H groups in total. The van der Waals surface area contributed by atoms with Gasteiger partial charge in [-0.3, -0.25) is 14.5 Å². The molecule has 2 unspecified atom stereocenters. The molecule has 5 nitrogen and oxygen atoms in total. The summed E-state index contributed by atoms with van der Waals surface area (Å²) in [6.07, 6.45) is 0.647. The summed E-state index contributed by atoms with van der Waals surface area (Å²) in [5, 5.41) is 10.0. The van der Waals surface area contributed by atoms with E-state index in [1.807, 2.05) is 0 Å². The van der Waals surface area contributed by atoms with Crippen LogP contribution >= 0.6 is 0 Å². The van der Waals surface area contributed by atoms with Crippen LogP contribution in [0.3, 0.4) is 0 Å². The minimum absolute atomic E-state index is 0.0539. The van der Waals surface area contributed by atoms with Crippen molar-refractivity contribution in [3.63, 3.8) is 0 Å². The molecule has 1 heterocycles. The molecule has 0 aromatic heterocycles. The molecule has 0 aromatic carbocycles. The molecule has 0 aromatic rings. The molecular weight excluding hydrogens is 210 g/mol. The lowest BCUT2D eigenvalue weighted by molar-refractivity contribution is -0.143. The topological polar surface area (TPSA) is 66.8 Å². The number of hydrogen-bond donors (Lipinski definition) is 1. The van der Waals surface area contributed by atoms with E-state index in [2.05, 4.69) is 0 Å². The van der Waals surface area contributed by atoms with Crippen LogP contribution in [0.15, 0.2) is 0 Å². The van der Waals surface area contributed by atoms with E-state index in [0.29, 0.717) is 13.0 Å². The summed E-state index contributed by atoms with van der Waals surface area (Å²) in [5.74, 6) is -0.649. The lowest BCUT2D eigenvalue weighted by Gasteiger charge is -2.27. The summed E-state index contributed by atoms with van der Waals surface area (Å²) < 4.78 is 4.87. The normalized spacial score (nSPS) is 25.0. The van der Waals surface area contributed by atoms with Gasteiger partial charge in [-0.25, -0.2) is 0 Å². The quantitative estimate of drug-likeness (QED) is 0.682. The first-order valence-corrected chi connectivity index (χ1v) is 5.43. The Morgan fingerprint density at radius 1 is 1.56 bits per heavy atom. The molecule has 92 valence electrons. The Kier molecular flexibility index (Phi) is 4.04. The van der Waals surface area contributed by atoms with E-state index in [1.165, 1.54) is 0 Å². The van der Waals surface area contributed by atoms with Gasteiger partial charge in [-0.2, -0.15) is 0 Å². The first-order chi connectivity index (χ1) is 7.37. The smallest absolute Gasteiger partial charge is 0.232 e. The lowest BCUT2D eigenvalue weighted by Crippen LogP contribution is -2.44. The Bertz CT molecular complexity index is 288. The molecule has 1 fully saturated rings. The van der Waals surface area contributed by atoms with Crippen LogP contribution in [0.1, 0.15) is 26.7 Å². The Morgan fingerprint density at radius 3 is 2.62 bits per heavy atom. The maximum Gasteiger partial charge on any atom is 0.232 e. The zero-order chi connectivity index (χ0) is 12.3. The molecule has 0 spiro atoms. The van der Waals surface area contributed by atoms with Crippen molar-refractivity contribution in [1.29, 1.82) is 0 Å². The van der Waals surface area contributed by atoms with Gasteiger partial charge in [0.2, 0.25) is 11.8 Å². The van der Waals surface area contributed by atoms with E-state index in [9.17, 15) is 14.7 Å². The van der Waals surface area contributed by atoms with Crippen molar-refractivity contribution in [2.75, 3.05) is 20.3 Å². The van der Waals surface area contributed by atoms with Gasteiger partial charge in [-0.1, -0.05) is 6.92 Å². The predicted octanol–water partition coefficient (Wildman–Crippen LogP) is 0.169. The van der Waals surface area contributed by atoms with Crippen LogP contribution in [0.2, 0.25) is 0 Å². The molecule has 2 atom stereocenters. The molecule has 1 saturated heterocycles. The van der Waals surface area contributed by atoms with Crippen LogP contribution in [0.25, 0.3) is 0 Å². The minimum Gasteiger partial charge on any atom is -0.388 e. The van der Waals surface area contributed by atoms with Crippen molar-refractivity contribution in [1.82, 2.24) is 4.90 Å². The molecular formula is C11H19NO4. The first kappa shape index (κ1) is 13.1. The highest BCUT2D eigenvalue weighted by Gasteiger charge is 2.39. The van der Waals surface area contributed by atoms with Crippen molar-refractivity contribution in [3.8, 4) is 0 Å². The summed E-state index contributed by atoms with van der Waals surface area (Å²) in [6, 6.07) is 0. The van der Waals surface area contributed by atoms with Gasteiger partial charge in [0.05, 0.1) is 12.1 Å². The van der Waals surface area contributed by atoms with E-state index in [-0.39, 0.29) is 30.7 Å². The highest BCUT2D eigenvalue weighted by molar-refractivity contribution is 6.03. The van der Waals surface area contributed by atoms with E-state index in [4.69, 9.17) is 4.74 Å². The molecule has 5 heteroatoms. The molecule has 16 heavy (non-hydrogen) atoms. The summed E-state index contributed by atoms with van der Waals surface area (Å²) in [7, 11) is 1.55. The molecule has 0 radical (unpaired) electrons. The number of imide groups is 1. The number of amides is 2. The number of nitrogens with zero attached hydrogens (tertiary/aromatic N) is 1. The van der Waals surface area contributed by atoms with Crippen molar-refractivity contribution in [3.05, 3.63) is 0 Å². The summed E-state index contributed by atoms with van der Waals surface area (Å²) in [5.41, 5.74) is -1.08. The van der Waals surface area contributed by atoms with Gasteiger partial charge in [-0.15, -0.1) is 0 Å². The molecule has 0 bridgehead atoms. The van der Waals surface area contributed by atoms with Crippen LogP contribution in [0, 0.1) is 5.92 Å². The third kappa shape index (κ3) is 3.02. The number of methoxy groups -OCH3 is 1. The fraction of sp³-hybridized carbons (Fsp3) is 0.818. The molecule has 1 rings (SSSR count). The van der Waals surface area contributed by atoms with Crippen LogP contribution in [-0.2, 0) is 14.3 Å². The third-order valence-electron chi connectivity index (χ3n) is 2.81. The van der Waals surface area contributed by atoms with E-state index < -0.39 is 5.60 Å². The van der Waals surface area contributed by atoms with Gasteiger partial charge in [0, 0.05) is 32.5 Å². The predicted molar refractivity (Wildman–Crippen MR) is 57.6 cm³/mol. The monoisotopic (exact) mass is 229 g/mol. The highest BCUT2D eigenvalue weighted by Crippen LogP contribution is 2.22. The van der Waals surface area contributed by atoms with Gasteiger partial charge in [0.1, 0.15) is 0 Å². The number of ether oxygens (including phenoxy) is 1. The van der Waals surface area contributed by atoms with Gasteiger partial charge >= 0.3 is 0 Å². The first-order valence-electron chi connectivity index (χ1n) is 5.43. The second kappa shape index (κ2) is 4.93. The number of likely N-dealkylation sites (tertiary alicyclic amines) is 1. The Hall–Kier alpha value is -0.940. The number of carbonyl (C=O) groups excluding carboxylic acids is 2. The Morgan fingerprint density at radius 2 is 2.19 bits per heavy atom. The van der Waals surface area contributed by atoms with Crippen molar-refractivity contribution in [2.24, 2.45) is 5.92 Å². The zero-order valence-corrected chi connectivity index (χ0v) is 10.0. The SMILES string of the molecule is COCCC(C)(O)CN1C(=O)CC(C)C1=O. The number of β-amino-alcohol motifs (C(OH)–C–C–N with tert-alkyl or cyclic N) is 1. The molecule has 0 aliphatic carbocycles. The van der Waals surface area contributed by atoms with Crippen LogP contribution in [0.4, 0.5) is 0 Å². The van der Waals surface area contributed by atoms with Gasteiger partial charge in [0.25, 0.3) is 0 Å². The molecule has 1 aliphatic heterocycles. The Balaban J connectivity index is 2.59. The van der Waals surface area contributed by atoms with E-state index in [1.54, 1.807) is 21.0 Å². The minimum atomic E-state index is -1.08. The number of aliphatic hydroxyl groups is 1. The molecule has 2 amide bonds. The van der Waals surface area contributed by atoms with Gasteiger partial charge in [0.15, 0.2) is 0 Å². The summed E-state index contributed by atoms with van der Waals surface area (Å²) in [4.78, 5) is 24.3. The van der Waals surface area contributed by atoms with Gasteiger partial charge in [-0.05, 0) is 6.92 Å². The largest absolute Gasteiger partial charge is 0.388 e. The molecule has 0 saturated carbocycles. The molecule has 1 aliphatic rings. The van der Waals surface area contributed by atoms with Crippen molar-refractivity contribution in [2.45, 2.75) is 32.3 Å². The number of rotatable bonds is 5. The van der Waals surface area contributed by atoms with Crippen LogP contribution in [0.5, 0.6) is 0 Å². The fourth-order valence-electron chi connectivity index (χ4n) is 1.76. The zero-order valence-electron chi connectivity index (χ0n) is 10.0. The van der Waals surface area contributed by atoms with Crippen molar-refractivity contribution >= 4 is 11.8 Å². The van der Waals surface area contributed by atoms with Gasteiger partial charge < -0.3 is 9.84 Å². The second-order valence-corrected chi connectivity index (χ2v) is 4.66. The lowest BCUT2D eigenvalue weighted by atomic mass is 10.0. The second-order valence-electron chi connectivity index (χ2n) is 4.66. The standard InChI is InChI=1S/C11H19NO4/c1-8-6-9(13)12(10(8)14)7-11(2,15)4-5-16-3/h8,15H,4-7H2,1-3H3. The van der Waals surface area contributed by atoms with Crippen LogP contribution < -0.4 is 0 Å². The maximum absolute atomic E-state index is 11.6. The fourth-order valence-corrected chi connectivity index (χ4v) is 1.76. The average molecular weight is 229 g/mol. The third-order valence-corrected chi connectivity index (χ3v) is 2.81. The number of hydrogen-bond acceptors (Lipinski definition) is 4. The van der Waals surface area contributed by atoms with E-state index >= 15 is 0 Å². The number of carbonyl (C=O) groups is 2. The van der Waals surface area contributed by atoms with Crippen LogP contribution in [-0.4, -0.2) is 47.7 Å². The summed E-state index contributed by atoms with van der Waals surface area (Å²) >= 11 is 0. The average Bonchev–Trinajstić information content (AvgIpc) is 2.42. The Labute approximate surface area is 95.4 Å².